The first kappa shape index (κ1) is 17.9. The number of rotatable bonds is 4. The molecular formula is C18H18FNO3S2. The molecule has 0 saturated carbocycles. The van der Waals surface area contributed by atoms with Crippen molar-refractivity contribution in [2.24, 2.45) is 0 Å². The lowest BCUT2D eigenvalue weighted by Crippen LogP contribution is -2.15. The van der Waals surface area contributed by atoms with Crippen LogP contribution in [0.15, 0.2) is 47.4 Å². The van der Waals surface area contributed by atoms with E-state index in [4.69, 9.17) is 0 Å². The van der Waals surface area contributed by atoms with Crippen molar-refractivity contribution in [2.45, 2.75) is 23.5 Å². The number of anilines is 1. The zero-order chi connectivity index (χ0) is 18.0. The van der Waals surface area contributed by atoms with Crippen molar-refractivity contribution in [2.75, 3.05) is 16.8 Å². The number of benzene rings is 2. The quantitative estimate of drug-likeness (QED) is 0.880. The molecule has 4 nitrogen and oxygen atoms in total. The van der Waals surface area contributed by atoms with E-state index in [-0.39, 0.29) is 22.7 Å². The van der Waals surface area contributed by atoms with Crippen LogP contribution in [0.5, 0.6) is 0 Å². The molecular weight excluding hydrogens is 361 g/mol. The molecule has 1 N–H and O–H groups in total. The third kappa shape index (κ3) is 4.41. The molecule has 3 rings (SSSR count). The number of halogens is 1. The van der Waals surface area contributed by atoms with Gasteiger partial charge in [0.25, 0.3) is 5.91 Å². The minimum Gasteiger partial charge on any atom is -0.322 e. The third-order valence-corrected chi connectivity index (χ3v) is 7.39. The van der Waals surface area contributed by atoms with Crippen LogP contribution in [-0.4, -0.2) is 31.1 Å². The average molecular weight is 379 g/mol. The maximum Gasteiger partial charge on any atom is 0.256 e. The van der Waals surface area contributed by atoms with Gasteiger partial charge in [-0.05, 0) is 43.2 Å². The Balaban J connectivity index is 1.80. The largest absolute Gasteiger partial charge is 0.322 e. The van der Waals surface area contributed by atoms with Crippen molar-refractivity contribution < 1.29 is 17.6 Å². The molecule has 1 aliphatic heterocycles. The fourth-order valence-electron chi connectivity index (χ4n) is 2.71. The molecule has 1 heterocycles. The first-order valence-corrected chi connectivity index (χ1v) is 10.6. The van der Waals surface area contributed by atoms with Crippen molar-refractivity contribution in [3.05, 3.63) is 59.4 Å². The zero-order valence-electron chi connectivity index (χ0n) is 13.7. The Morgan fingerprint density at radius 2 is 2.00 bits per heavy atom. The second kappa shape index (κ2) is 7.17. The Kier molecular flexibility index (Phi) is 5.15. The van der Waals surface area contributed by atoms with Gasteiger partial charge in [-0.1, -0.05) is 18.2 Å². The van der Waals surface area contributed by atoms with E-state index in [2.05, 4.69) is 5.32 Å². The van der Waals surface area contributed by atoms with Crippen LogP contribution in [0, 0.1) is 12.7 Å². The molecule has 2 aromatic carbocycles. The number of carbonyl (C=O) groups is 1. The highest BCUT2D eigenvalue weighted by Crippen LogP contribution is 2.33. The van der Waals surface area contributed by atoms with Crippen LogP contribution >= 0.6 is 11.8 Å². The normalized spacial score (nSPS) is 18.9. The van der Waals surface area contributed by atoms with Gasteiger partial charge in [-0.2, -0.15) is 0 Å². The molecule has 1 fully saturated rings. The summed E-state index contributed by atoms with van der Waals surface area (Å²) in [6, 6.07) is 11.3. The number of sulfone groups is 1. The first-order valence-electron chi connectivity index (χ1n) is 7.88. The van der Waals surface area contributed by atoms with E-state index >= 15 is 0 Å². The van der Waals surface area contributed by atoms with Crippen LogP contribution in [0.2, 0.25) is 0 Å². The number of thioether (sulfide) groups is 1. The van der Waals surface area contributed by atoms with Gasteiger partial charge in [0.15, 0.2) is 9.84 Å². The minimum absolute atomic E-state index is 0.0464. The molecule has 1 saturated heterocycles. The van der Waals surface area contributed by atoms with Gasteiger partial charge in [-0.15, -0.1) is 11.8 Å². The molecule has 2 aromatic rings. The van der Waals surface area contributed by atoms with E-state index in [0.717, 1.165) is 10.5 Å². The van der Waals surface area contributed by atoms with Crippen molar-refractivity contribution in [3.8, 4) is 0 Å². The Hall–Kier alpha value is -1.86. The maximum atomic E-state index is 13.4. The van der Waals surface area contributed by atoms with E-state index in [1.165, 1.54) is 23.9 Å². The number of aryl methyl sites for hydroxylation is 1. The van der Waals surface area contributed by atoms with Crippen LogP contribution < -0.4 is 5.32 Å². The molecule has 1 atom stereocenters. The topological polar surface area (TPSA) is 63.2 Å². The van der Waals surface area contributed by atoms with Crippen LogP contribution in [0.25, 0.3) is 0 Å². The number of nitrogens with one attached hydrogen (secondary N) is 1. The van der Waals surface area contributed by atoms with Crippen LogP contribution in [0.4, 0.5) is 10.1 Å². The smallest absolute Gasteiger partial charge is 0.256 e. The summed E-state index contributed by atoms with van der Waals surface area (Å²) in [5.74, 6) is -0.421. The zero-order valence-corrected chi connectivity index (χ0v) is 15.3. The molecule has 1 amide bonds. The fourth-order valence-corrected chi connectivity index (χ4v) is 6.34. The maximum absolute atomic E-state index is 13.4. The lowest BCUT2D eigenvalue weighted by Gasteiger charge is -2.13. The molecule has 7 heteroatoms. The molecule has 132 valence electrons. The Labute approximate surface area is 150 Å². The van der Waals surface area contributed by atoms with Crippen molar-refractivity contribution in [3.63, 3.8) is 0 Å². The van der Waals surface area contributed by atoms with Crippen LogP contribution in [-0.2, 0) is 9.84 Å². The highest BCUT2D eigenvalue weighted by atomic mass is 32.2. The lowest BCUT2D eigenvalue weighted by molar-refractivity contribution is 0.102. The van der Waals surface area contributed by atoms with E-state index in [0.29, 0.717) is 17.7 Å². The molecule has 0 radical (unpaired) electrons. The van der Waals surface area contributed by atoms with Gasteiger partial charge in [0, 0.05) is 15.8 Å². The van der Waals surface area contributed by atoms with Gasteiger partial charge in [0.05, 0.1) is 17.1 Å². The highest BCUT2D eigenvalue weighted by Gasteiger charge is 2.29. The van der Waals surface area contributed by atoms with Gasteiger partial charge in [-0.25, -0.2) is 12.8 Å². The van der Waals surface area contributed by atoms with Crippen molar-refractivity contribution >= 4 is 33.2 Å². The number of hydrogen-bond donors (Lipinski definition) is 1. The summed E-state index contributed by atoms with van der Waals surface area (Å²) >= 11 is 1.41. The molecule has 25 heavy (non-hydrogen) atoms. The number of hydrogen-bond acceptors (Lipinski definition) is 4. The minimum atomic E-state index is -2.97. The highest BCUT2D eigenvalue weighted by molar-refractivity contribution is 8.02. The standard InChI is InChI=1S/C18H18FNO3S2/c1-12-6-7-13(19)10-16(12)20-18(21)15-4-2-3-5-17(15)24-14-8-9-25(22,23)11-14/h2-7,10,14H,8-9,11H2,1H3,(H,20,21)/t14-/m0/s1. The van der Waals surface area contributed by atoms with Gasteiger partial charge in [0.2, 0.25) is 0 Å². The average Bonchev–Trinajstić information content (AvgIpc) is 2.90. The number of amides is 1. The predicted octanol–water partition coefficient (Wildman–Crippen LogP) is 3.67. The molecule has 0 aliphatic carbocycles. The van der Waals surface area contributed by atoms with Crippen LogP contribution in [0.1, 0.15) is 22.3 Å². The second-order valence-corrected chi connectivity index (χ2v) is 9.62. The SMILES string of the molecule is Cc1ccc(F)cc1NC(=O)c1ccccc1S[C@H]1CCS(=O)(=O)C1. The van der Waals surface area contributed by atoms with Gasteiger partial charge in [0.1, 0.15) is 5.82 Å². The van der Waals surface area contributed by atoms with E-state index in [1.807, 2.05) is 12.1 Å². The van der Waals surface area contributed by atoms with Gasteiger partial charge in [-0.3, -0.25) is 4.79 Å². The van der Waals surface area contributed by atoms with E-state index in [1.54, 1.807) is 25.1 Å². The third-order valence-electron chi connectivity index (χ3n) is 4.06. The summed E-state index contributed by atoms with van der Waals surface area (Å²) in [4.78, 5) is 13.4. The lowest BCUT2D eigenvalue weighted by atomic mass is 10.1. The molecule has 1 aliphatic rings. The van der Waals surface area contributed by atoms with Crippen LogP contribution in [0.3, 0.4) is 0 Å². The van der Waals surface area contributed by atoms with E-state index < -0.39 is 15.7 Å². The monoisotopic (exact) mass is 379 g/mol. The molecule has 0 bridgehead atoms. The summed E-state index contributed by atoms with van der Waals surface area (Å²) in [5.41, 5.74) is 1.65. The summed E-state index contributed by atoms with van der Waals surface area (Å²) < 4.78 is 36.7. The Morgan fingerprint density at radius 1 is 1.24 bits per heavy atom. The second-order valence-electron chi connectivity index (χ2n) is 6.05. The van der Waals surface area contributed by atoms with Gasteiger partial charge < -0.3 is 5.32 Å². The summed E-state index contributed by atoms with van der Waals surface area (Å²) in [7, 11) is -2.97. The summed E-state index contributed by atoms with van der Waals surface area (Å²) in [5, 5.41) is 2.69. The fraction of sp³-hybridized carbons (Fsp3) is 0.278. The summed E-state index contributed by atoms with van der Waals surface area (Å²) in [6.07, 6.45) is 0.589. The van der Waals surface area contributed by atoms with E-state index in [9.17, 15) is 17.6 Å². The molecule has 0 spiro atoms. The number of carbonyl (C=O) groups excluding carboxylic acids is 1. The van der Waals surface area contributed by atoms with Crippen molar-refractivity contribution in [1.29, 1.82) is 0 Å². The predicted molar refractivity (Wildman–Crippen MR) is 98.4 cm³/mol. The van der Waals surface area contributed by atoms with Crippen molar-refractivity contribution in [1.82, 2.24) is 0 Å². The Morgan fingerprint density at radius 3 is 2.72 bits per heavy atom. The molecule has 0 aromatic heterocycles. The molecule has 0 unspecified atom stereocenters. The summed E-state index contributed by atoms with van der Waals surface area (Å²) in [6.45, 7) is 1.79. The first-order chi connectivity index (χ1) is 11.8. The van der Waals surface area contributed by atoms with Gasteiger partial charge >= 0.3 is 0 Å². The Bertz CT molecular complexity index is 912.